The van der Waals surface area contributed by atoms with Gasteiger partial charge >= 0.3 is 11.9 Å². The number of hydrogen-bond donors (Lipinski definition) is 3. The lowest BCUT2D eigenvalue weighted by Crippen LogP contribution is -2.10. The molecule has 0 atom stereocenters. The highest BCUT2D eigenvalue weighted by atomic mass is 79.9. The van der Waals surface area contributed by atoms with Gasteiger partial charge in [0.1, 0.15) is 0 Å². The van der Waals surface area contributed by atoms with Gasteiger partial charge in [0.25, 0.3) is 5.09 Å². The molecule has 0 fully saturated rings. The Morgan fingerprint density at radius 2 is 1.89 bits per heavy atom. The molecule has 0 radical (unpaired) electrons. The third-order valence-electron chi connectivity index (χ3n) is 1.53. The van der Waals surface area contributed by atoms with Gasteiger partial charge in [-0.1, -0.05) is 15.9 Å². The van der Waals surface area contributed by atoms with Gasteiger partial charge in [-0.25, -0.2) is 14.6 Å². The van der Waals surface area contributed by atoms with Crippen molar-refractivity contribution in [2.24, 2.45) is 0 Å². The molecule has 9 nitrogen and oxygen atoms in total. The number of rotatable bonds is 3. The minimum atomic E-state index is -1.50. The highest BCUT2D eigenvalue weighted by molar-refractivity contribution is 9.08. The van der Waals surface area contributed by atoms with Crippen molar-refractivity contribution in [2.75, 3.05) is 0 Å². The predicted octanol–water partition coefficient (Wildman–Crippen LogP) is 1.03. The number of nitrogens with zero attached hydrogens (tertiary/aromatic N) is 2. The Bertz CT molecular complexity index is 473. The summed E-state index contributed by atoms with van der Waals surface area (Å²) < 4.78 is 0. The van der Waals surface area contributed by atoms with Crippen molar-refractivity contribution < 1.29 is 30.1 Å². The van der Waals surface area contributed by atoms with E-state index in [1.165, 1.54) is 12.3 Å². The van der Waals surface area contributed by atoms with Crippen molar-refractivity contribution >= 4 is 27.9 Å². The van der Waals surface area contributed by atoms with E-state index >= 15 is 0 Å². The SMILES string of the molecule is O=C(O)c1cc(CBr)cnc1C(=O)O.O=[N+]([O-])O. The second-order valence-electron chi connectivity index (χ2n) is 2.72. The molecule has 18 heavy (non-hydrogen) atoms. The molecule has 0 unspecified atom stereocenters. The first-order chi connectivity index (χ1) is 8.29. The van der Waals surface area contributed by atoms with E-state index in [2.05, 4.69) is 20.9 Å². The number of alkyl halides is 1. The fourth-order valence-electron chi connectivity index (χ4n) is 0.915. The predicted molar refractivity (Wildman–Crippen MR) is 59.6 cm³/mol. The van der Waals surface area contributed by atoms with Gasteiger partial charge in [0, 0.05) is 11.5 Å². The molecule has 1 aromatic heterocycles. The van der Waals surface area contributed by atoms with Crippen LogP contribution in [-0.2, 0) is 5.33 Å². The van der Waals surface area contributed by atoms with Gasteiger partial charge in [0.15, 0.2) is 5.69 Å². The third-order valence-corrected chi connectivity index (χ3v) is 2.18. The van der Waals surface area contributed by atoms with Crippen LogP contribution < -0.4 is 0 Å². The zero-order valence-electron chi connectivity index (χ0n) is 8.61. The first kappa shape index (κ1) is 15.8. The molecule has 3 N–H and O–H groups in total. The fraction of sp³-hybridized carbons (Fsp3) is 0.125. The summed E-state index contributed by atoms with van der Waals surface area (Å²) in [7, 11) is 0. The molecule has 0 aliphatic heterocycles. The number of carboxylic acid groups (broad SMARTS) is 2. The van der Waals surface area contributed by atoms with Crippen molar-refractivity contribution in [1.82, 2.24) is 4.98 Å². The van der Waals surface area contributed by atoms with Crippen molar-refractivity contribution in [3.05, 3.63) is 39.2 Å². The molecule has 0 aliphatic rings. The molecule has 1 rings (SSSR count). The number of pyridine rings is 1. The van der Waals surface area contributed by atoms with E-state index in [1.807, 2.05) is 0 Å². The molecule has 0 bridgehead atoms. The molecule has 1 aromatic rings. The van der Waals surface area contributed by atoms with Crippen molar-refractivity contribution in [1.29, 1.82) is 0 Å². The Morgan fingerprint density at radius 3 is 2.22 bits per heavy atom. The van der Waals surface area contributed by atoms with Crippen molar-refractivity contribution in [3.8, 4) is 0 Å². The molecule has 1 heterocycles. The zero-order chi connectivity index (χ0) is 14.3. The lowest BCUT2D eigenvalue weighted by Gasteiger charge is -2.01. The van der Waals surface area contributed by atoms with Crippen LogP contribution >= 0.6 is 15.9 Å². The van der Waals surface area contributed by atoms with Crippen LogP contribution in [0.15, 0.2) is 12.3 Å². The quantitative estimate of drug-likeness (QED) is 0.424. The fourth-order valence-corrected chi connectivity index (χ4v) is 1.22. The first-order valence-corrected chi connectivity index (χ1v) is 5.26. The topological polar surface area (TPSA) is 151 Å². The van der Waals surface area contributed by atoms with Gasteiger partial charge in [-0.3, -0.25) is 0 Å². The van der Waals surface area contributed by atoms with Crippen LogP contribution in [-0.4, -0.2) is 37.4 Å². The van der Waals surface area contributed by atoms with Gasteiger partial charge in [-0.05, 0) is 11.6 Å². The average Bonchev–Trinajstić information content (AvgIpc) is 2.27. The maximum absolute atomic E-state index is 10.7. The van der Waals surface area contributed by atoms with E-state index in [-0.39, 0.29) is 5.56 Å². The Balaban J connectivity index is 0.000000631. The molecular formula is C8H7BrN2O7. The smallest absolute Gasteiger partial charge is 0.355 e. The lowest BCUT2D eigenvalue weighted by atomic mass is 10.1. The normalized spacial score (nSPS) is 8.94. The Hall–Kier alpha value is -2.23. The molecule has 98 valence electrons. The minimum absolute atomic E-state index is 0.297. The number of aromatic nitrogens is 1. The summed E-state index contributed by atoms with van der Waals surface area (Å²) in [5.41, 5.74) is -0.121. The Kier molecular flexibility index (Phi) is 6.28. The molecule has 0 saturated carbocycles. The van der Waals surface area contributed by atoms with E-state index < -0.39 is 22.7 Å². The summed E-state index contributed by atoms with van der Waals surface area (Å²) in [6, 6.07) is 1.29. The van der Waals surface area contributed by atoms with Gasteiger partial charge in [-0.2, -0.15) is 0 Å². The van der Waals surface area contributed by atoms with Crippen molar-refractivity contribution in [2.45, 2.75) is 5.33 Å². The summed E-state index contributed by atoms with van der Waals surface area (Å²) in [6.07, 6.45) is 1.32. The summed E-state index contributed by atoms with van der Waals surface area (Å²) >= 11 is 3.12. The number of hydrogen-bond acceptors (Lipinski definition) is 5. The van der Waals surface area contributed by atoms with Crippen LogP contribution in [0.25, 0.3) is 0 Å². The van der Waals surface area contributed by atoms with Crippen LogP contribution in [0, 0.1) is 10.1 Å². The number of halogens is 1. The van der Waals surface area contributed by atoms with Crippen molar-refractivity contribution in [3.63, 3.8) is 0 Å². The summed E-state index contributed by atoms with van der Waals surface area (Å²) in [6.45, 7) is 0. The van der Waals surface area contributed by atoms with Gasteiger partial charge in [0.2, 0.25) is 0 Å². The lowest BCUT2D eigenvalue weighted by molar-refractivity contribution is -0.742. The molecule has 0 spiro atoms. The average molecular weight is 323 g/mol. The number of carbonyl (C=O) groups is 2. The van der Waals surface area contributed by atoms with Crippen LogP contribution in [0.1, 0.15) is 26.4 Å². The highest BCUT2D eigenvalue weighted by Gasteiger charge is 2.17. The summed E-state index contributed by atoms with van der Waals surface area (Å²) in [5.74, 6) is -2.64. The summed E-state index contributed by atoms with van der Waals surface area (Å²) in [5, 5.41) is 31.4. The Labute approximate surface area is 108 Å². The minimum Gasteiger partial charge on any atom is -0.478 e. The molecule has 0 aliphatic carbocycles. The second kappa shape index (κ2) is 7.17. The van der Waals surface area contributed by atoms with Crippen LogP contribution in [0.4, 0.5) is 0 Å². The molecule has 0 saturated heterocycles. The monoisotopic (exact) mass is 322 g/mol. The van der Waals surface area contributed by atoms with Gasteiger partial charge in [-0.15, -0.1) is 10.1 Å². The largest absolute Gasteiger partial charge is 0.478 e. The first-order valence-electron chi connectivity index (χ1n) is 4.14. The molecule has 0 amide bonds. The molecule has 0 aromatic carbocycles. The Morgan fingerprint density at radius 1 is 1.39 bits per heavy atom. The van der Waals surface area contributed by atoms with Crippen LogP contribution in [0.3, 0.4) is 0 Å². The van der Waals surface area contributed by atoms with E-state index in [0.717, 1.165) is 0 Å². The van der Waals surface area contributed by atoms with Gasteiger partial charge in [0.05, 0.1) is 5.56 Å². The van der Waals surface area contributed by atoms with E-state index in [1.54, 1.807) is 0 Å². The van der Waals surface area contributed by atoms with Crippen LogP contribution in [0.2, 0.25) is 0 Å². The highest BCUT2D eigenvalue weighted by Crippen LogP contribution is 2.11. The van der Waals surface area contributed by atoms with E-state index in [9.17, 15) is 9.59 Å². The second-order valence-corrected chi connectivity index (χ2v) is 3.28. The van der Waals surface area contributed by atoms with Crippen LogP contribution in [0.5, 0.6) is 0 Å². The van der Waals surface area contributed by atoms with Gasteiger partial charge < -0.3 is 15.4 Å². The maximum Gasteiger partial charge on any atom is 0.355 e. The maximum atomic E-state index is 10.7. The number of carboxylic acids is 2. The number of aromatic carboxylic acids is 2. The van der Waals surface area contributed by atoms with E-state index in [4.69, 9.17) is 25.5 Å². The molecular weight excluding hydrogens is 316 g/mol. The molecule has 10 heteroatoms. The van der Waals surface area contributed by atoms with E-state index in [0.29, 0.717) is 10.9 Å². The third kappa shape index (κ3) is 5.21. The summed E-state index contributed by atoms with van der Waals surface area (Å²) in [4.78, 5) is 33.2. The zero-order valence-corrected chi connectivity index (χ0v) is 10.2. The standard InChI is InChI=1S/C8H6BrNO4.HNO3/c9-2-4-1-5(7(11)12)6(8(13)14)10-3-4;2-1(3)4/h1,3H,2H2,(H,11,12)(H,13,14);(H,2,3,4).